The molecule has 1 saturated carbocycles. The first-order chi connectivity index (χ1) is 25.7. The summed E-state index contributed by atoms with van der Waals surface area (Å²) in [7, 11) is 1.58. The predicted molar refractivity (Wildman–Crippen MR) is 199 cm³/mol. The maximum atomic E-state index is 13.7. The van der Waals surface area contributed by atoms with Gasteiger partial charge in [-0.2, -0.15) is 0 Å². The Hall–Kier alpha value is -4.73. The fraction of sp³-hybridized carbons (Fsp3) is 0.359. The summed E-state index contributed by atoms with van der Waals surface area (Å²) in [5.41, 5.74) is 4.78. The summed E-state index contributed by atoms with van der Waals surface area (Å²) in [5, 5.41) is 21.5. The summed E-state index contributed by atoms with van der Waals surface area (Å²) in [6.07, 6.45) is 4.82. The third-order valence-electron chi connectivity index (χ3n) is 8.43. The number of ether oxygens (including phenoxy) is 4. The van der Waals surface area contributed by atoms with Gasteiger partial charge in [0.15, 0.2) is 5.78 Å². The number of aliphatic carboxylic acids is 1. The van der Waals surface area contributed by atoms with Crippen LogP contribution >= 0.6 is 11.9 Å². The van der Waals surface area contributed by atoms with E-state index in [4.69, 9.17) is 28.5 Å². The summed E-state index contributed by atoms with van der Waals surface area (Å²) >= 11 is 1.59. The Morgan fingerprint density at radius 3 is 2.21 bits per heavy atom. The Morgan fingerprint density at radius 2 is 1.58 bits per heavy atom. The number of halogens is 1. The van der Waals surface area contributed by atoms with Crippen molar-refractivity contribution in [2.45, 2.75) is 25.4 Å². The third kappa shape index (κ3) is 10.9. The van der Waals surface area contributed by atoms with Crippen LogP contribution in [0, 0.1) is 5.82 Å². The normalized spacial score (nSPS) is 13.0. The lowest BCUT2D eigenvalue weighted by Crippen LogP contribution is -2.22. The molecule has 0 unspecified atom stereocenters. The number of aliphatic hydroxyl groups is 1. The van der Waals surface area contributed by atoms with E-state index in [2.05, 4.69) is 15.7 Å². The van der Waals surface area contributed by atoms with Gasteiger partial charge in [-0.1, -0.05) is 30.1 Å². The Labute approximate surface area is 311 Å². The molecule has 4 aromatic rings. The minimum absolute atomic E-state index is 0.233. The van der Waals surface area contributed by atoms with E-state index in [0.29, 0.717) is 87.3 Å². The number of carbonyl (C=O) groups excluding carboxylic acids is 2. The minimum Gasteiger partial charge on any atom is -0.502 e. The molecule has 0 radical (unpaired) electrons. The molecule has 1 aliphatic carbocycles. The van der Waals surface area contributed by atoms with Gasteiger partial charge in [-0.05, 0) is 66.3 Å². The molecule has 5 rings (SSSR count). The van der Waals surface area contributed by atoms with Crippen LogP contribution in [0.4, 0.5) is 10.1 Å². The molecule has 1 fully saturated rings. The highest BCUT2D eigenvalue weighted by atomic mass is 32.2. The van der Waals surface area contributed by atoms with Gasteiger partial charge < -0.3 is 43.2 Å². The van der Waals surface area contributed by atoms with Crippen LogP contribution in [0.5, 0.6) is 0 Å². The molecule has 3 N–H and O–H groups in total. The molecule has 1 heterocycles. The second-order valence-corrected chi connectivity index (χ2v) is 13.0. The lowest BCUT2D eigenvalue weighted by Gasteiger charge is -2.24. The first kappa shape index (κ1) is 39.5. The molecular weight excluding hydrogens is 707 g/mol. The Balaban J connectivity index is 1.02. The molecule has 0 bridgehead atoms. The number of carboxylic acids is 1. The Kier molecular flexibility index (Phi) is 14.4. The van der Waals surface area contributed by atoms with Crippen LogP contribution in [0.1, 0.15) is 50.6 Å². The van der Waals surface area contributed by atoms with Crippen molar-refractivity contribution in [3.8, 4) is 11.3 Å². The average Bonchev–Trinajstić information content (AvgIpc) is 3.94. The Bertz CT molecular complexity index is 1910. The van der Waals surface area contributed by atoms with Crippen LogP contribution < -0.4 is 9.62 Å². The smallest absolute Gasteiger partial charge is 0.371 e. The maximum absolute atomic E-state index is 13.7. The molecule has 3 aromatic carbocycles. The van der Waals surface area contributed by atoms with E-state index < -0.39 is 17.5 Å². The van der Waals surface area contributed by atoms with E-state index in [1.54, 1.807) is 49.3 Å². The van der Waals surface area contributed by atoms with Crippen molar-refractivity contribution < 1.29 is 52.4 Å². The SMILES string of the molecule is CNC(=O)c1c(-c2ccc(F)cc2)oc2cc(N(CCOCCOCCOCCOCc3cccc(C(=O)/C=C(\O)C(=O)O)c3)SC)c(C3CC3)cc12. The van der Waals surface area contributed by atoms with Gasteiger partial charge >= 0.3 is 5.97 Å². The number of rotatable bonds is 22. The van der Waals surface area contributed by atoms with Crippen LogP contribution in [-0.2, 0) is 30.3 Å². The number of benzene rings is 3. The number of hydrogen-bond acceptors (Lipinski definition) is 11. The van der Waals surface area contributed by atoms with Crippen molar-refractivity contribution in [2.24, 2.45) is 0 Å². The van der Waals surface area contributed by atoms with Gasteiger partial charge in [-0.25, -0.2) is 9.18 Å². The van der Waals surface area contributed by atoms with E-state index >= 15 is 0 Å². The van der Waals surface area contributed by atoms with Crippen molar-refractivity contribution in [2.75, 3.05) is 70.4 Å². The van der Waals surface area contributed by atoms with Crippen molar-refractivity contribution in [3.63, 3.8) is 0 Å². The van der Waals surface area contributed by atoms with Crippen molar-refractivity contribution in [1.82, 2.24) is 5.32 Å². The highest BCUT2D eigenvalue weighted by Crippen LogP contribution is 2.48. The molecule has 1 aromatic heterocycles. The van der Waals surface area contributed by atoms with Crippen LogP contribution in [0.25, 0.3) is 22.3 Å². The number of aliphatic hydroxyl groups excluding tert-OH is 1. The molecule has 1 aliphatic rings. The molecule has 53 heavy (non-hydrogen) atoms. The van der Waals surface area contributed by atoms with E-state index in [0.717, 1.165) is 35.0 Å². The number of ketones is 1. The zero-order valence-corrected chi connectivity index (χ0v) is 30.4. The number of carboxylic acid groups (broad SMARTS) is 1. The highest BCUT2D eigenvalue weighted by molar-refractivity contribution is 7.99. The quantitative estimate of drug-likeness (QED) is 0.0263. The summed E-state index contributed by atoms with van der Waals surface area (Å²) in [5.74, 6) is -3.04. The van der Waals surface area contributed by atoms with Crippen molar-refractivity contribution >= 4 is 46.3 Å². The van der Waals surface area contributed by atoms with Crippen LogP contribution in [0.2, 0.25) is 0 Å². The molecule has 0 saturated heterocycles. The van der Waals surface area contributed by atoms with E-state index in [1.807, 2.05) is 12.3 Å². The van der Waals surface area contributed by atoms with Gasteiger partial charge in [-0.15, -0.1) is 0 Å². The number of anilines is 1. The van der Waals surface area contributed by atoms with E-state index in [-0.39, 0.29) is 23.9 Å². The molecule has 14 heteroatoms. The highest BCUT2D eigenvalue weighted by Gasteiger charge is 2.31. The molecule has 0 aliphatic heterocycles. The van der Waals surface area contributed by atoms with Crippen LogP contribution in [0.3, 0.4) is 0 Å². The van der Waals surface area contributed by atoms with Gasteiger partial charge in [0.05, 0.1) is 70.7 Å². The number of nitrogens with one attached hydrogen (secondary N) is 1. The second kappa shape index (κ2) is 19.4. The number of hydrogen-bond donors (Lipinski definition) is 3. The van der Waals surface area contributed by atoms with Gasteiger partial charge in [0, 0.05) is 42.0 Å². The summed E-state index contributed by atoms with van der Waals surface area (Å²) in [6.45, 7) is 3.62. The van der Waals surface area contributed by atoms with Crippen LogP contribution in [-0.4, -0.2) is 94.0 Å². The van der Waals surface area contributed by atoms with Gasteiger partial charge in [0.25, 0.3) is 5.91 Å². The fourth-order valence-corrected chi connectivity index (χ4v) is 6.24. The number of carbonyl (C=O) groups is 3. The first-order valence-corrected chi connectivity index (χ1v) is 18.4. The van der Waals surface area contributed by atoms with E-state index in [1.165, 1.54) is 18.2 Å². The lowest BCUT2D eigenvalue weighted by molar-refractivity contribution is -0.135. The monoisotopic (exact) mass is 750 g/mol. The zero-order valence-electron chi connectivity index (χ0n) is 29.6. The van der Waals surface area contributed by atoms with E-state index in [9.17, 15) is 23.9 Å². The Morgan fingerprint density at radius 1 is 0.925 bits per heavy atom. The summed E-state index contributed by atoms with van der Waals surface area (Å²) in [4.78, 5) is 35.9. The number of amides is 1. The van der Waals surface area contributed by atoms with Gasteiger partial charge in [0.1, 0.15) is 17.2 Å². The van der Waals surface area contributed by atoms with Gasteiger partial charge in [-0.3, -0.25) is 9.59 Å². The predicted octanol–water partition coefficient (Wildman–Crippen LogP) is 6.54. The van der Waals surface area contributed by atoms with Crippen molar-refractivity contribution in [3.05, 3.63) is 101 Å². The largest absolute Gasteiger partial charge is 0.502 e. The fourth-order valence-electron chi connectivity index (χ4n) is 5.63. The van der Waals surface area contributed by atoms with Gasteiger partial charge in [0.2, 0.25) is 5.76 Å². The number of furan rings is 1. The summed E-state index contributed by atoms with van der Waals surface area (Å²) in [6, 6.07) is 16.5. The number of allylic oxidation sites excluding steroid dienone is 1. The summed E-state index contributed by atoms with van der Waals surface area (Å²) < 4.78 is 44.8. The standard InChI is InChI=1S/C39H43FN2O10S/c1-41-38(45)36-31-21-30(26-6-7-26)32(22-35(31)52-37(36)27-8-10-29(40)11-9-27)42(53-2)12-13-48-14-15-49-16-17-50-18-19-51-24-25-4-3-5-28(20-25)33(43)23-34(44)39(46)47/h3-5,8-11,20-23,26,44H,6-7,12-19,24H2,1-2H3,(H,41,45)(H,46,47)/b34-23-. The maximum Gasteiger partial charge on any atom is 0.371 e. The van der Waals surface area contributed by atoms with Crippen LogP contribution in [0.15, 0.2) is 76.9 Å². The zero-order chi connectivity index (χ0) is 37.7. The first-order valence-electron chi connectivity index (χ1n) is 17.2. The third-order valence-corrected chi connectivity index (χ3v) is 9.25. The molecular formula is C39H43FN2O10S. The lowest BCUT2D eigenvalue weighted by atomic mass is 10.0. The number of fused-ring (bicyclic) bond motifs is 1. The minimum atomic E-state index is -1.57. The molecule has 12 nitrogen and oxygen atoms in total. The second-order valence-electron chi connectivity index (χ2n) is 12.1. The molecule has 282 valence electrons. The number of nitrogens with zero attached hydrogens (tertiary/aromatic N) is 1. The topological polar surface area (TPSA) is 157 Å². The average molecular weight is 751 g/mol. The van der Waals surface area contributed by atoms with Crippen molar-refractivity contribution in [1.29, 1.82) is 0 Å². The molecule has 1 amide bonds. The molecule has 0 atom stereocenters. The molecule has 0 spiro atoms.